The molecule has 0 spiro atoms. The third-order valence-corrected chi connectivity index (χ3v) is 6.08. The van der Waals surface area contributed by atoms with Gasteiger partial charge in [0.25, 0.3) is 5.92 Å². The van der Waals surface area contributed by atoms with Gasteiger partial charge in [0.1, 0.15) is 0 Å². The molecule has 0 amide bonds. The Kier molecular flexibility index (Phi) is 17.8. The van der Waals surface area contributed by atoms with Crippen LogP contribution >= 0.6 is 0 Å². The van der Waals surface area contributed by atoms with Gasteiger partial charge >= 0.3 is 17.8 Å². The summed E-state index contributed by atoms with van der Waals surface area (Å²) < 4.78 is 114. The molecule has 0 rings (SSSR count). The van der Waals surface area contributed by atoms with Crippen LogP contribution in [0.5, 0.6) is 0 Å². The Morgan fingerprint density at radius 3 is 1.12 bits per heavy atom. The van der Waals surface area contributed by atoms with Crippen LogP contribution in [0.2, 0.25) is 0 Å². The van der Waals surface area contributed by atoms with Crippen molar-refractivity contribution >= 4 is 0 Å². The van der Waals surface area contributed by atoms with Crippen LogP contribution in [0.4, 0.5) is 35.1 Å². The molecule has 0 heterocycles. The van der Waals surface area contributed by atoms with E-state index >= 15 is 0 Å². The first-order valence-electron chi connectivity index (χ1n) is 15.2. The standard InChI is InChI=1S/C16H33F2NO.C15H28F6N2/c1-14(2,3)8-7-12-20-13-10-16(17,18)9-11-19-15(4,5)6;1-11(2,3)22-9-7-13(16,17)15(20,21)14(18,19)8-10-23-12(4,5)6/h19H,7-13H2,1-6H3;22-23H,7-10H2,1-6H3. The fourth-order valence-corrected chi connectivity index (χ4v) is 3.54. The highest BCUT2D eigenvalue weighted by atomic mass is 19.3. The van der Waals surface area contributed by atoms with Crippen LogP contribution in [0, 0.1) is 5.41 Å². The van der Waals surface area contributed by atoms with Crippen molar-refractivity contribution in [1.29, 1.82) is 0 Å². The molecular formula is C31H61F8N3O. The summed E-state index contributed by atoms with van der Waals surface area (Å²) in [6.45, 7) is 22.5. The van der Waals surface area contributed by atoms with Crippen molar-refractivity contribution in [2.45, 2.75) is 162 Å². The number of ether oxygens (including phenoxy) is 1. The molecule has 0 aliphatic rings. The number of alkyl halides is 8. The molecule has 0 bridgehead atoms. The van der Waals surface area contributed by atoms with Gasteiger partial charge in [0.2, 0.25) is 0 Å². The minimum absolute atomic E-state index is 0.112. The SMILES string of the molecule is CC(C)(C)CCCOCCC(F)(F)CCNC(C)(C)C.CC(C)(C)NCCC(F)(F)C(F)(F)C(F)(F)CCNC(C)(C)C. The third kappa shape index (κ3) is 23.3. The summed E-state index contributed by atoms with van der Waals surface area (Å²) in [7, 11) is 0. The molecule has 0 aliphatic heterocycles. The van der Waals surface area contributed by atoms with Gasteiger partial charge in [-0.1, -0.05) is 20.8 Å². The van der Waals surface area contributed by atoms with E-state index in [1.165, 1.54) is 0 Å². The Morgan fingerprint density at radius 1 is 0.442 bits per heavy atom. The predicted molar refractivity (Wildman–Crippen MR) is 161 cm³/mol. The van der Waals surface area contributed by atoms with Gasteiger partial charge in [-0.05, 0) is 80.6 Å². The molecule has 4 nitrogen and oxygen atoms in total. The molecule has 0 saturated heterocycles. The monoisotopic (exact) mass is 643 g/mol. The minimum atomic E-state index is -5.40. The van der Waals surface area contributed by atoms with Crippen LogP contribution in [-0.4, -0.2) is 73.2 Å². The zero-order valence-corrected chi connectivity index (χ0v) is 28.7. The first-order chi connectivity index (χ1) is 18.8. The van der Waals surface area contributed by atoms with Gasteiger partial charge in [0.05, 0.1) is 6.61 Å². The molecule has 0 unspecified atom stereocenters. The van der Waals surface area contributed by atoms with Crippen LogP contribution in [0.1, 0.15) is 122 Å². The van der Waals surface area contributed by atoms with Crippen LogP contribution in [0.15, 0.2) is 0 Å². The second-order valence-corrected chi connectivity index (χ2v) is 15.6. The van der Waals surface area contributed by atoms with Gasteiger partial charge in [-0.25, -0.2) is 8.78 Å². The molecule has 0 aliphatic carbocycles. The Bertz CT molecular complexity index is 716. The molecule has 262 valence electrons. The summed E-state index contributed by atoms with van der Waals surface area (Å²) in [4.78, 5) is 0. The Labute approximate surface area is 256 Å². The molecule has 43 heavy (non-hydrogen) atoms. The lowest BCUT2D eigenvalue weighted by atomic mass is 9.91. The topological polar surface area (TPSA) is 45.3 Å². The average Bonchev–Trinajstić information content (AvgIpc) is 2.72. The van der Waals surface area contributed by atoms with Gasteiger partial charge < -0.3 is 20.7 Å². The maximum Gasteiger partial charge on any atom is 0.371 e. The van der Waals surface area contributed by atoms with E-state index in [0.29, 0.717) is 13.2 Å². The molecule has 0 aromatic carbocycles. The molecule has 0 fully saturated rings. The van der Waals surface area contributed by atoms with Crippen molar-refractivity contribution in [2.24, 2.45) is 5.41 Å². The highest BCUT2D eigenvalue weighted by Gasteiger charge is 2.70. The van der Waals surface area contributed by atoms with E-state index in [1.807, 2.05) is 20.8 Å². The van der Waals surface area contributed by atoms with Crippen LogP contribution in [0.25, 0.3) is 0 Å². The highest BCUT2D eigenvalue weighted by molar-refractivity contribution is 4.97. The summed E-state index contributed by atoms with van der Waals surface area (Å²) in [5.41, 5.74) is -0.958. The summed E-state index contributed by atoms with van der Waals surface area (Å²) in [6.07, 6.45) is -1.05. The summed E-state index contributed by atoms with van der Waals surface area (Å²) in [5.74, 6) is -17.6. The Balaban J connectivity index is 0. The molecule has 0 atom stereocenters. The van der Waals surface area contributed by atoms with Gasteiger partial charge in [-0.15, -0.1) is 0 Å². The summed E-state index contributed by atoms with van der Waals surface area (Å²) >= 11 is 0. The molecule has 0 radical (unpaired) electrons. The minimum Gasteiger partial charge on any atom is -0.381 e. The average molecular weight is 644 g/mol. The summed E-state index contributed by atoms with van der Waals surface area (Å²) in [6, 6.07) is 0. The normalized spacial score (nSPS) is 14.5. The molecule has 0 aromatic heterocycles. The fraction of sp³-hybridized carbons (Fsp3) is 1.00. The van der Waals surface area contributed by atoms with Gasteiger partial charge in [0.15, 0.2) is 0 Å². The molecule has 12 heteroatoms. The maximum absolute atomic E-state index is 13.7. The molecule has 3 N–H and O–H groups in total. The second-order valence-electron chi connectivity index (χ2n) is 15.6. The van der Waals surface area contributed by atoms with Gasteiger partial charge in [-0.3, -0.25) is 0 Å². The van der Waals surface area contributed by atoms with E-state index in [9.17, 15) is 35.1 Å². The number of rotatable bonds is 17. The van der Waals surface area contributed by atoms with Crippen molar-refractivity contribution in [3.8, 4) is 0 Å². The lowest BCUT2D eigenvalue weighted by Crippen LogP contribution is -2.56. The van der Waals surface area contributed by atoms with Crippen molar-refractivity contribution in [1.82, 2.24) is 16.0 Å². The number of hydrogen-bond donors (Lipinski definition) is 3. The van der Waals surface area contributed by atoms with Gasteiger partial charge in [-0.2, -0.15) is 26.3 Å². The lowest BCUT2D eigenvalue weighted by molar-refractivity contribution is -0.311. The third-order valence-electron chi connectivity index (χ3n) is 6.08. The first kappa shape index (κ1) is 44.4. The number of nitrogens with one attached hydrogen (secondary N) is 3. The molecular weight excluding hydrogens is 582 g/mol. The van der Waals surface area contributed by atoms with Crippen molar-refractivity contribution < 1.29 is 39.9 Å². The van der Waals surface area contributed by atoms with E-state index in [4.69, 9.17) is 4.74 Å². The fourth-order valence-electron chi connectivity index (χ4n) is 3.54. The van der Waals surface area contributed by atoms with E-state index in [2.05, 4.69) is 36.7 Å². The van der Waals surface area contributed by atoms with Crippen molar-refractivity contribution in [3.05, 3.63) is 0 Å². The second kappa shape index (κ2) is 17.3. The molecule has 0 aromatic rings. The molecule has 0 saturated carbocycles. The number of hydrogen-bond acceptors (Lipinski definition) is 4. The van der Waals surface area contributed by atoms with Crippen LogP contribution < -0.4 is 16.0 Å². The lowest BCUT2D eigenvalue weighted by Gasteiger charge is -2.34. The zero-order valence-electron chi connectivity index (χ0n) is 28.7. The number of halogens is 8. The quantitative estimate of drug-likeness (QED) is 0.109. The summed E-state index contributed by atoms with van der Waals surface area (Å²) in [5, 5.41) is 8.27. The Morgan fingerprint density at radius 2 is 0.791 bits per heavy atom. The van der Waals surface area contributed by atoms with E-state index in [0.717, 1.165) is 12.8 Å². The van der Waals surface area contributed by atoms with Crippen LogP contribution in [-0.2, 0) is 4.74 Å². The maximum atomic E-state index is 13.7. The first-order valence-corrected chi connectivity index (χ1v) is 15.2. The van der Waals surface area contributed by atoms with E-state index in [-0.39, 0.29) is 30.4 Å². The van der Waals surface area contributed by atoms with E-state index in [1.54, 1.807) is 41.5 Å². The van der Waals surface area contributed by atoms with Crippen molar-refractivity contribution in [2.75, 3.05) is 32.8 Å². The predicted octanol–water partition coefficient (Wildman–Crippen LogP) is 9.08. The van der Waals surface area contributed by atoms with Crippen molar-refractivity contribution in [3.63, 3.8) is 0 Å². The largest absolute Gasteiger partial charge is 0.381 e. The highest BCUT2D eigenvalue weighted by Crippen LogP contribution is 2.48. The Hall–Kier alpha value is -0.720. The van der Waals surface area contributed by atoms with Crippen LogP contribution in [0.3, 0.4) is 0 Å². The van der Waals surface area contributed by atoms with Gasteiger partial charge in [0, 0.05) is 68.5 Å². The van der Waals surface area contributed by atoms with E-state index < -0.39 is 60.7 Å². The smallest absolute Gasteiger partial charge is 0.371 e. The zero-order chi connectivity index (χ0) is 34.6.